The Balaban J connectivity index is 1.71. The summed E-state index contributed by atoms with van der Waals surface area (Å²) in [7, 11) is 0. The molecule has 2 aliphatic heterocycles. The molecule has 0 N–H and O–H groups in total. The van der Waals surface area contributed by atoms with E-state index in [-0.39, 0.29) is 37.0 Å². The van der Waals surface area contributed by atoms with Gasteiger partial charge >= 0.3 is 0 Å². The Bertz CT molecular complexity index is 692. The maximum Gasteiger partial charge on any atom is 0.248 e. The van der Waals surface area contributed by atoms with Crippen LogP contribution < -0.4 is 0 Å². The zero-order valence-electron chi connectivity index (χ0n) is 13.9. The first-order chi connectivity index (χ1) is 11.8. The zero-order chi connectivity index (χ0) is 18.2. The number of likely N-dealkylation sites (tertiary alicyclic amines) is 1. The minimum atomic E-state index is -0.686. The third kappa shape index (κ3) is 3.69. The van der Waals surface area contributed by atoms with Crippen molar-refractivity contribution in [2.45, 2.75) is 31.9 Å². The molecule has 2 aliphatic rings. The second-order valence-electron chi connectivity index (χ2n) is 6.47. The Morgan fingerprint density at radius 2 is 1.88 bits per heavy atom. The second-order valence-corrected chi connectivity index (χ2v) is 7.39. The lowest BCUT2D eigenvalue weighted by atomic mass is 9.88. The summed E-state index contributed by atoms with van der Waals surface area (Å²) in [4.78, 5) is 27.4. The molecule has 5 nitrogen and oxygen atoms in total. The van der Waals surface area contributed by atoms with E-state index in [9.17, 15) is 18.4 Å². The van der Waals surface area contributed by atoms with Crippen molar-refractivity contribution in [3.05, 3.63) is 33.8 Å². The molecule has 3 rings (SSSR count). The minimum absolute atomic E-state index is 0.0307. The monoisotopic (exact) mass is 416 g/mol. The molecule has 1 spiro atoms. The first-order valence-electron chi connectivity index (χ1n) is 8.16. The van der Waals surface area contributed by atoms with Gasteiger partial charge in [-0.3, -0.25) is 9.59 Å². The second kappa shape index (κ2) is 6.99. The van der Waals surface area contributed by atoms with E-state index in [1.165, 1.54) is 17.0 Å². The lowest BCUT2D eigenvalue weighted by Gasteiger charge is -2.46. The van der Waals surface area contributed by atoms with Crippen LogP contribution in [-0.2, 0) is 20.9 Å². The highest BCUT2D eigenvalue weighted by molar-refractivity contribution is 9.10. The van der Waals surface area contributed by atoms with Gasteiger partial charge in [0.1, 0.15) is 18.2 Å². The smallest absolute Gasteiger partial charge is 0.248 e. The Hall–Kier alpha value is -1.54. The number of piperidine rings is 1. The fourth-order valence-corrected chi connectivity index (χ4v) is 3.76. The van der Waals surface area contributed by atoms with Gasteiger partial charge in [-0.2, -0.15) is 0 Å². The summed E-state index contributed by atoms with van der Waals surface area (Å²) in [6.07, 6.45) is 0.638. The predicted molar refractivity (Wildman–Crippen MR) is 89.6 cm³/mol. The number of hydrogen-bond donors (Lipinski definition) is 0. The molecule has 1 atom stereocenters. The molecule has 2 fully saturated rings. The molecular weight excluding hydrogens is 398 g/mol. The fraction of sp³-hybridized carbons (Fsp3) is 0.529. The summed E-state index contributed by atoms with van der Waals surface area (Å²) in [6, 6.07) is 2.37. The van der Waals surface area contributed by atoms with Crippen molar-refractivity contribution in [3.8, 4) is 0 Å². The van der Waals surface area contributed by atoms with Gasteiger partial charge in [0.15, 0.2) is 0 Å². The van der Waals surface area contributed by atoms with Crippen LogP contribution in [0.5, 0.6) is 0 Å². The predicted octanol–water partition coefficient (Wildman–Crippen LogP) is 2.47. The van der Waals surface area contributed by atoms with Crippen LogP contribution in [0.4, 0.5) is 8.78 Å². The van der Waals surface area contributed by atoms with Crippen LogP contribution in [0.2, 0.25) is 0 Å². The van der Waals surface area contributed by atoms with E-state index in [0.717, 1.165) is 0 Å². The maximum atomic E-state index is 14.0. The molecule has 8 heteroatoms. The van der Waals surface area contributed by atoms with E-state index < -0.39 is 17.2 Å². The molecule has 2 amide bonds. The number of halogens is 3. The van der Waals surface area contributed by atoms with Crippen LogP contribution in [0.15, 0.2) is 16.6 Å². The Morgan fingerprint density at radius 3 is 2.48 bits per heavy atom. The van der Waals surface area contributed by atoms with Gasteiger partial charge in [0.25, 0.3) is 0 Å². The number of hydrogen-bond acceptors (Lipinski definition) is 3. The van der Waals surface area contributed by atoms with Crippen LogP contribution >= 0.6 is 15.9 Å². The molecule has 0 aromatic heterocycles. The third-order valence-electron chi connectivity index (χ3n) is 4.83. The van der Waals surface area contributed by atoms with E-state index in [4.69, 9.17) is 4.74 Å². The Morgan fingerprint density at radius 1 is 1.20 bits per heavy atom. The van der Waals surface area contributed by atoms with E-state index in [2.05, 4.69) is 15.9 Å². The van der Waals surface area contributed by atoms with Crippen LogP contribution in [0, 0.1) is 11.6 Å². The van der Waals surface area contributed by atoms with Crippen molar-refractivity contribution < 1.29 is 23.1 Å². The number of carbonyl (C=O) groups is 2. The van der Waals surface area contributed by atoms with Crippen molar-refractivity contribution in [1.29, 1.82) is 0 Å². The van der Waals surface area contributed by atoms with Gasteiger partial charge in [-0.1, -0.05) is 15.9 Å². The zero-order valence-corrected chi connectivity index (χ0v) is 15.4. The SMILES string of the molecule is CCN1CC2(CCN(Cc3c(F)cc(Br)cc3F)C(=O)C2)OCC1=O. The van der Waals surface area contributed by atoms with Crippen molar-refractivity contribution in [2.75, 3.05) is 26.2 Å². The number of benzene rings is 1. The molecule has 1 aromatic rings. The van der Waals surface area contributed by atoms with E-state index >= 15 is 0 Å². The molecule has 2 heterocycles. The number of ether oxygens (including phenoxy) is 1. The summed E-state index contributed by atoms with van der Waals surface area (Å²) in [5, 5.41) is 0. The van der Waals surface area contributed by atoms with Crippen LogP contribution in [-0.4, -0.2) is 53.5 Å². The third-order valence-corrected chi connectivity index (χ3v) is 5.29. The molecular formula is C17H19BrF2N2O3. The molecule has 0 aliphatic carbocycles. The highest BCUT2D eigenvalue weighted by atomic mass is 79.9. The van der Waals surface area contributed by atoms with E-state index in [1.54, 1.807) is 4.90 Å². The van der Waals surface area contributed by atoms with Crippen molar-refractivity contribution >= 4 is 27.7 Å². The molecule has 1 aromatic carbocycles. The number of morpholine rings is 1. The largest absolute Gasteiger partial charge is 0.363 e. The van der Waals surface area contributed by atoms with Gasteiger partial charge in [0, 0.05) is 23.1 Å². The van der Waals surface area contributed by atoms with E-state index in [1.807, 2.05) is 6.92 Å². The lowest BCUT2D eigenvalue weighted by Crippen LogP contribution is -2.59. The number of rotatable bonds is 3. The van der Waals surface area contributed by atoms with Gasteiger partial charge in [-0.15, -0.1) is 0 Å². The fourth-order valence-electron chi connectivity index (χ4n) is 3.35. The first kappa shape index (κ1) is 18.3. The van der Waals surface area contributed by atoms with Gasteiger partial charge in [-0.05, 0) is 25.5 Å². The van der Waals surface area contributed by atoms with Gasteiger partial charge < -0.3 is 14.5 Å². The highest BCUT2D eigenvalue weighted by Crippen LogP contribution is 2.32. The number of amides is 2. The quantitative estimate of drug-likeness (QED) is 0.760. The van der Waals surface area contributed by atoms with Gasteiger partial charge in [-0.25, -0.2) is 8.78 Å². The minimum Gasteiger partial charge on any atom is -0.363 e. The molecule has 2 saturated heterocycles. The summed E-state index contributed by atoms with van der Waals surface area (Å²) >= 11 is 3.04. The molecule has 0 radical (unpaired) electrons. The average Bonchev–Trinajstić information content (AvgIpc) is 2.55. The average molecular weight is 417 g/mol. The molecule has 0 bridgehead atoms. The van der Waals surface area contributed by atoms with E-state index in [0.29, 0.717) is 30.5 Å². The summed E-state index contributed by atoms with van der Waals surface area (Å²) in [6.45, 7) is 3.01. The maximum absolute atomic E-state index is 14.0. The molecule has 1 unspecified atom stereocenters. The molecule has 0 saturated carbocycles. The van der Waals surface area contributed by atoms with Crippen LogP contribution in [0.1, 0.15) is 25.3 Å². The first-order valence-corrected chi connectivity index (χ1v) is 8.96. The van der Waals surface area contributed by atoms with Crippen molar-refractivity contribution in [3.63, 3.8) is 0 Å². The number of likely N-dealkylation sites (N-methyl/N-ethyl adjacent to an activating group) is 1. The van der Waals surface area contributed by atoms with Crippen molar-refractivity contribution in [1.82, 2.24) is 9.80 Å². The standard InChI is InChI=1S/C17H19BrF2N2O3/c1-2-21-10-17(25-9-16(21)24)3-4-22(15(23)7-17)8-12-13(19)5-11(18)6-14(12)20/h5-6H,2-4,7-10H2,1H3. The Kier molecular flexibility index (Phi) is 5.11. The summed E-state index contributed by atoms with van der Waals surface area (Å²) in [5.41, 5.74) is -0.809. The van der Waals surface area contributed by atoms with Gasteiger partial charge in [0.2, 0.25) is 11.8 Å². The Labute approximate surface area is 153 Å². The lowest BCUT2D eigenvalue weighted by molar-refractivity contribution is -0.177. The number of carbonyl (C=O) groups excluding carboxylic acids is 2. The normalized spacial score (nSPS) is 24.3. The van der Waals surface area contributed by atoms with Gasteiger partial charge in [0.05, 0.1) is 25.1 Å². The van der Waals surface area contributed by atoms with Crippen LogP contribution in [0.3, 0.4) is 0 Å². The highest BCUT2D eigenvalue weighted by Gasteiger charge is 2.45. The van der Waals surface area contributed by atoms with Crippen LogP contribution in [0.25, 0.3) is 0 Å². The summed E-state index contributed by atoms with van der Waals surface area (Å²) in [5.74, 6) is -1.67. The molecule has 136 valence electrons. The molecule has 25 heavy (non-hydrogen) atoms. The summed E-state index contributed by atoms with van der Waals surface area (Å²) < 4.78 is 34.0. The van der Waals surface area contributed by atoms with Crippen molar-refractivity contribution in [2.24, 2.45) is 0 Å². The number of nitrogens with zero attached hydrogens (tertiary/aromatic N) is 2. The topological polar surface area (TPSA) is 49.9 Å².